The van der Waals surface area contributed by atoms with Crippen molar-refractivity contribution in [1.82, 2.24) is 9.38 Å². The lowest BCUT2D eigenvalue weighted by Gasteiger charge is -2.03. The van der Waals surface area contributed by atoms with E-state index in [1.165, 1.54) is 12.1 Å². The summed E-state index contributed by atoms with van der Waals surface area (Å²) in [5.41, 5.74) is 1.53. The van der Waals surface area contributed by atoms with E-state index < -0.39 is 0 Å². The molecule has 5 heteroatoms. The molecule has 19 heavy (non-hydrogen) atoms. The fraction of sp³-hybridized carbons (Fsp3) is 0.0714. The Balaban J connectivity index is 1.78. The van der Waals surface area contributed by atoms with Gasteiger partial charge in [-0.2, -0.15) is 0 Å². The van der Waals surface area contributed by atoms with Crippen molar-refractivity contribution >= 4 is 17.2 Å². The van der Waals surface area contributed by atoms with E-state index in [1.54, 1.807) is 22.6 Å². The third-order valence-corrected chi connectivity index (χ3v) is 3.00. The van der Waals surface area contributed by atoms with Gasteiger partial charge in [0.05, 0.1) is 5.69 Å². The number of hydrogen-bond donors (Lipinski definition) is 0. The van der Waals surface area contributed by atoms with Gasteiger partial charge in [0.15, 0.2) is 0 Å². The zero-order valence-corrected chi connectivity index (χ0v) is 10.6. The number of halogens is 2. The van der Waals surface area contributed by atoms with Crippen LogP contribution in [-0.4, -0.2) is 9.38 Å². The highest BCUT2D eigenvalue weighted by atomic mass is 35.5. The zero-order chi connectivity index (χ0) is 13.2. The molecule has 0 aliphatic heterocycles. The molecule has 0 radical (unpaired) electrons. The minimum absolute atomic E-state index is 0.285. The van der Waals surface area contributed by atoms with E-state index in [0.717, 1.165) is 11.3 Å². The lowest BCUT2D eigenvalue weighted by atomic mass is 10.3. The molecule has 96 valence electrons. The maximum Gasteiger partial charge on any atom is 0.138 e. The maximum absolute atomic E-state index is 12.7. The van der Waals surface area contributed by atoms with Crippen molar-refractivity contribution < 1.29 is 9.13 Å². The van der Waals surface area contributed by atoms with Gasteiger partial charge in [0.1, 0.15) is 29.0 Å². The fourth-order valence-electron chi connectivity index (χ4n) is 1.79. The molecule has 3 rings (SSSR count). The third-order valence-electron chi connectivity index (χ3n) is 2.69. The monoisotopic (exact) mass is 276 g/mol. The van der Waals surface area contributed by atoms with Gasteiger partial charge in [0.2, 0.25) is 0 Å². The average Bonchev–Trinajstić information content (AvgIpc) is 2.83. The molecule has 1 aromatic carbocycles. The number of pyridine rings is 1. The van der Waals surface area contributed by atoms with Gasteiger partial charge in [-0.05, 0) is 36.4 Å². The summed E-state index contributed by atoms with van der Waals surface area (Å²) in [7, 11) is 0. The van der Waals surface area contributed by atoms with Gasteiger partial charge in [-0.15, -0.1) is 0 Å². The first-order valence-corrected chi connectivity index (χ1v) is 6.11. The van der Waals surface area contributed by atoms with Crippen LogP contribution in [-0.2, 0) is 6.61 Å². The Morgan fingerprint density at radius 2 is 1.95 bits per heavy atom. The molecule has 2 heterocycles. The third kappa shape index (κ3) is 2.53. The Bertz CT molecular complexity index is 709. The number of ether oxygens (including phenoxy) is 1. The van der Waals surface area contributed by atoms with Crippen molar-refractivity contribution in [2.45, 2.75) is 6.61 Å². The zero-order valence-electron chi connectivity index (χ0n) is 9.88. The van der Waals surface area contributed by atoms with Gasteiger partial charge in [0, 0.05) is 6.20 Å². The smallest absolute Gasteiger partial charge is 0.138 e. The highest BCUT2D eigenvalue weighted by Crippen LogP contribution is 2.16. The second kappa shape index (κ2) is 4.90. The Hall–Kier alpha value is -2.07. The summed E-state index contributed by atoms with van der Waals surface area (Å²) < 4.78 is 20.1. The molecule has 0 aliphatic rings. The molecule has 0 atom stereocenters. The molecule has 2 aromatic heterocycles. The summed E-state index contributed by atoms with van der Waals surface area (Å²) in [5.74, 6) is 0.316. The van der Waals surface area contributed by atoms with Crippen LogP contribution in [0.5, 0.6) is 5.75 Å². The first-order valence-electron chi connectivity index (χ1n) is 5.73. The second-order valence-electron chi connectivity index (χ2n) is 4.05. The van der Waals surface area contributed by atoms with E-state index in [2.05, 4.69) is 4.98 Å². The van der Waals surface area contributed by atoms with Crippen molar-refractivity contribution in [3.05, 3.63) is 65.3 Å². The molecule has 0 bridgehead atoms. The van der Waals surface area contributed by atoms with Gasteiger partial charge in [-0.1, -0.05) is 17.7 Å². The Kier molecular flexibility index (Phi) is 3.09. The first kappa shape index (κ1) is 12.0. The summed E-state index contributed by atoms with van der Waals surface area (Å²) in [6.07, 6.45) is 1.82. The van der Waals surface area contributed by atoms with Crippen molar-refractivity contribution in [3.8, 4) is 5.75 Å². The van der Waals surface area contributed by atoms with Crippen LogP contribution < -0.4 is 4.74 Å². The lowest BCUT2D eigenvalue weighted by Crippen LogP contribution is -1.95. The molecule has 0 N–H and O–H groups in total. The normalized spacial score (nSPS) is 10.8. The van der Waals surface area contributed by atoms with E-state index in [4.69, 9.17) is 16.3 Å². The molecule has 0 aliphatic carbocycles. The summed E-state index contributed by atoms with van der Waals surface area (Å²) in [6.45, 7) is 0.309. The number of rotatable bonds is 3. The molecule has 3 nitrogen and oxygen atoms in total. The highest BCUT2D eigenvalue weighted by Gasteiger charge is 2.04. The molecule has 0 fully saturated rings. The summed E-state index contributed by atoms with van der Waals surface area (Å²) in [5, 5.41) is 0.595. The van der Waals surface area contributed by atoms with Gasteiger partial charge in [-0.25, -0.2) is 9.37 Å². The van der Waals surface area contributed by atoms with E-state index in [0.29, 0.717) is 17.5 Å². The van der Waals surface area contributed by atoms with Crippen LogP contribution in [0.2, 0.25) is 5.15 Å². The van der Waals surface area contributed by atoms with Crippen LogP contribution in [0.25, 0.3) is 5.65 Å². The van der Waals surface area contributed by atoms with Crippen LogP contribution in [0.3, 0.4) is 0 Å². The lowest BCUT2D eigenvalue weighted by molar-refractivity contribution is 0.301. The van der Waals surface area contributed by atoms with Gasteiger partial charge in [-0.3, -0.25) is 4.40 Å². The predicted molar refractivity (Wildman–Crippen MR) is 70.9 cm³/mol. The van der Waals surface area contributed by atoms with Gasteiger partial charge < -0.3 is 4.74 Å². The van der Waals surface area contributed by atoms with Crippen molar-refractivity contribution in [2.75, 3.05) is 0 Å². The minimum Gasteiger partial charge on any atom is -0.487 e. The minimum atomic E-state index is -0.285. The van der Waals surface area contributed by atoms with Crippen LogP contribution in [0.15, 0.2) is 48.7 Å². The van der Waals surface area contributed by atoms with E-state index in [9.17, 15) is 4.39 Å². The largest absolute Gasteiger partial charge is 0.487 e. The van der Waals surface area contributed by atoms with Gasteiger partial charge in [0.25, 0.3) is 0 Å². The Labute approximate surface area is 114 Å². The predicted octanol–water partition coefficient (Wildman–Crippen LogP) is 3.71. The van der Waals surface area contributed by atoms with Crippen molar-refractivity contribution in [2.24, 2.45) is 0 Å². The van der Waals surface area contributed by atoms with Crippen molar-refractivity contribution in [1.29, 1.82) is 0 Å². The molecule has 0 spiro atoms. The van der Waals surface area contributed by atoms with E-state index in [-0.39, 0.29) is 5.82 Å². The quantitative estimate of drug-likeness (QED) is 0.682. The van der Waals surface area contributed by atoms with E-state index >= 15 is 0 Å². The summed E-state index contributed by atoms with van der Waals surface area (Å²) in [4.78, 5) is 4.39. The molecule has 0 saturated heterocycles. The highest BCUT2D eigenvalue weighted by molar-refractivity contribution is 6.29. The number of hydrogen-bond acceptors (Lipinski definition) is 2. The number of fused-ring (bicyclic) bond motifs is 1. The molecular weight excluding hydrogens is 267 g/mol. The molecule has 3 aromatic rings. The number of nitrogens with zero attached hydrogens (tertiary/aromatic N) is 2. The van der Waals surface area contributed by atoms with Gasteiger partial charge >= 0.3 is 0 Å². The number of imidazole rings is 1. The molecule has 0 unspecified atom stereocenters. The van der Waals surface area contributed by atoms with E-state index in [1.807, 2.05) is 18.3 Å². The Morgan fingerprint density at radius 1 is 1.16 bits per heavy atom. The summed E-state index contributed by atoms with van der Waals surface area (Å²) in [6, 6.07) is 11.4. The molecular formula is C14H10ClFN2O. The Morgan fingerprint density at radius 3 is 2.68 bits per heavy atom. The SMILES string of the molecule is Fc1ccc(OCc2cn3c(Cl)cccc3n2)cc1. The summed E-state index contributed by atoms with van der Waals surface area (Å²) >= 11 is 6.05. The second-order valence-corrected chi connectivity index (χ2v) is 4.44. The topological polar surface area (TPSA) is 26.5 Å². The van der Waals surface area contributed by atoms with Crippen molar-refractivity contribution in [3.63, 3.8) is 0 Å². The van der Waals surface area contributed by atoms with Crippen LogP contribution in [0, 0.1) is 5.82 Å². The first-order chi connectivity index (χ1) is 9.22. The van der Waals surface area contributed by atoms with Crippen LogP contribution in [0.4, 0.5) is 4.39 Å². The van der Waals surface area contributed by atoms with Crippen LogP contribution >= 0.6 is 11.6 Å². The molecule has 0 saturated carbocycles. The number of aromatic nitrogens is 2. The number of benzene rings is 1. The fourth-order valence-corrected chi connectivity index (χ4v) is 1.99. The van der Waals surface area contributed by atoms with Crippen LogP contribution in [0.1, 0.15) is 5.69 Å². The average molecular weight is 277 g/mol. The maximum atomic E-state index is 12.7. The molecule has 0 amide bonds. The standard InChI is InChI=1S/C14H10ClFN2O/c15-13-2-1-3-14-17-11(8-18(13)14)9-19-12-6-4-10(16)5-7-12/h1-8H,9H2.